The molecular weight excluding hydrogens is 341 g/mol. The molecule has 0 saturated carbocycles. The van der Waals surface area contributed by atoms with Gasteiger partial charge < -0.3 is 11.1 Å². The SMILES string of the molecule is Cc1nc(-c2cccc(F)c2)sc1C(=O)Nc1ccc(C(N)=O)cc1. The number of rotatable bonds is 4. The Labute approximate surface area is 147 Å². The van der Waals surface area contributed by atoms with Crippen molar-refractivity contribution in [2.45, 2.75) is 6.92 Å². The number of benzene rings is 2. The van der Waals surface area contributed by atoms with E-state index in [4.69, 9.17) is 5.73 Å². The number of halogens is 1. The van der Waals surface area contributed by atoms with Gasteiger partial charge in [-0.15, -0.1) is 11.3 Å². The van der Waals surface area contributed by atoms with E-state index in [2.05, 4.69) is 10.3 Å². The summed E-state index contributed by atoms with van der Waals surface area (Å²) >= 11 is 1.19. The summed E-state index contributed by atoms with van der Waals surface area (Å²) in [6.45, 7) is 1.73. The zero-order valence-electron chi connectivity index (χ0n) is 13.2. The molecule has 1 aromatic heterocycles. The van der Waals surface area contributed by atoms with Gasteiger partial charge in [-0.25, -0.2) is 9.37 Å². The van der Waals surface area contributed by atoms with Crippen molar-refractivity contribution in [2.24, 2.45) is 5.73 Å². The van der Waals surface area contributed by atoms with E-state index >= 15 is 0 Å². The Balaban J connectivity index is 1.82. The summed E-state index contributed by atoms with van der Waals surface area (Å²) in [6.07, 6.45) is 0. The maximum atomic E-state index is 13.4. The van der Waals surface area contributed by atoms with Gasteiger partial charge in [0.2, 0.25) is 5.91 Å². The second kappa shape index (κ2) is 6.82. The fraction of sp³-hybridized carbons (Fsp3) is 0.0556. The van der Waals surface area contributed by atoms with Crippen LogP contribution in [0.3, 0.4) is 0 Å². The Bertz CT molecular complexity index is 951. The number of nitrogens with one attached hydrogen (secondary N) is 1. The molecule has 0 aliphatic carbocycles. The molecule has 3 N–H and O–H groups in total. The van der Waals surface area contributed by atoms with Gasteiger partial charge in [0, 0.05) is 16.8 Å². The predicted molar refractivity (Wildman–Crippen MR) is 95.2 cm³/mol. The number of thiazole rings is 1. The van der Waals surface area contributed by atoms with Crippen molar-refractivity contribution in [3.8, 4) is 10.6 Å². The quantitative estimate of drug-likeness (QED) is 0.750. The Kier molecular flexibility index (Phi) is 4.58. The lowest BCUT2D eigenvalue weighted by Gasteiger charge is -2.04. The van der Waals surface area contributed by atoms with Crippen LogP contribution in [0.2, 0.25) is 0 Å². The summed E-state index contributed by atoms with van der Waals surface area (Å²) in [5.41, 5.74) is 7.27. The first-order valence-electron chi connectivity index (χ1n) is 7.38. The molecule has 0 bridgehead atoms. The van der Waals surface area contributed by atoms with Gasteiger partial charge in [-0.05, 0) is 43.3 Å². The molecule has 25 heavy (non-hydrogen) atoms. The second-order valence-corrected chi connectivity index (χ2v) is 6.34. The highest BCUT2D eigenvalue weighted by Gasteiger charge is 2.17. The largest absolute Gasteiger partial charge is 0.366 e. The van der Waals surface area contributed by atoms with E-state index in [-0.39, 0.29) is 11.7 Å². The molecular formula is C18H14FN3O2S. The average molecular weight is 355 g/mol. The molecule has 0 fully saturated rings. The zero-order chi connectivity index (χ0) is 18.0. The summed E-state index contributed by atoms with van der Waals surface area (Å²) in [5, 5.41) is 3.32. The van der Waals surface area contributed by atoms with Gasteiger partial charge in [-0.3, -0.25) is 9.59 Å². The number of amides is 2. The van der Waals surface area contributed by atoms with Crippen molar-refractivity contribution in [2.75, 3.05) is 5.32 Å². The summed E-state index contributed by atoms with van der Waals surface area (Å²) in [7, 11) is 0. The third-order valence-electron chi connectivity index (χ3n) is 3.50. The normalized spacial score (nSPS) is 10.5. The lowest BCUT2D eigenvalue weighted by atomic mass is 10.2. The number of carbonyl (C=O) groups excluding carboxylic acids is 2. The minimum Gasteiger partial charge on any atom is -0.366 e. The third-order valence-corrected chi connectivity index (χ3v) is 4.71. The maximum Gasteiger partial charge on any atom is 0.267 e. The lowest BCUT2D eigenvalue weighted by molar-refractivity contribution is 0.0998. The number of nitrogens with zero attached hydrogens (tertiary/aromatic N) is 1. The molecule has 7 heteroatoms. The fourth-order valence-electron chi connectivity index (χ4n) is 2.26. The van der Waals surface area contributed by atoms with Gasteiger partial charge >= 0.3 is 0 Å². The van der Waals surface area contributed by atoms with Crippen LogP contribution in [0.1, 0.15) is 25.7 Å². The molecule has 0 spiro atoms. The van der Waals surface area contributed by atoms with E-state index in [1.807, 2.05) is 0 Å². The molecule has 0 atom stereocenters. The molecule has 1 heterocycles. The highest BCUT2D eigenvalue weighted by atomic mass is 32.1. The first-order chi connectivity index (χ1) is 11.9. The predicted octanol–water partition coefficient (Wildman–Crippen LogP) is 3.61. The number of carbonyl (C=O) groups is 2. The Morgan fingerprint density at radius 1 is 1.16 bits per heavy atom. The Morgan fingerprint density at radius 3 is 2.52 bits per heavy atom. The van der Waals surface area contributed by atoms with Crippen LogP contribution >= 0.6 is 11.3 Å². The van der Waals surface area contributed by atoms with Crippen molar-refractivity contribution in [1.29, 1.82) is 0 Å². The third kappa shape index (κ3) is 3.72. The maximum absolute atomic E-state index is 13.4. The molecule has 0 aliphatic rings. The van der Waals surface area contributed by atoms with Gasteiger partial charge in [0.05, 0.1) is 5.69 Å². The van der Waals surface area contributed by atoms with Crippen LogP contribution in [-0.4, -0.2) is 16.8 Å². The fourth-order valence-corrected chi connectivity index (χ4v) is 3.22. The summed E-state index contributed by atoms with van der Waals surface area (Å²) < 4.78 is 13.4. The number of primary amides is 1. The number of hydrogen-bond donors (Lipinski definition) is 2. The van der Waals surface area contributed by atoms with Gasteiger partial charge in [-0.2, -0.15) is 0 Å². The van der Waals surface area contributed by atoms with Crippen LogP contribution in [0.4, 0.5) is 10.1 Å². The van der Waals surface area contributed by atoms with Crippen LogP contribution in [-0.2, 0) is 0 Å². The highest BCUT2D eigenvalue weighted by Crippen LogP contribution is 2.29. The van der Waals surface area contributed by atoms with Crippen LogP contribution < -0.4 is 11.1 Å². The van der Waals surface area contributed by atoms with Crippen molar-refractivity contribution in [3.63, 3.8) is 0 Å². The average Bonchev–Trinajstić information content (AvgIpc) is 2.97. The van der Waals surface area contributed by atoms with E-state index in [9.17, 15) is 14.0 Å². The topological polar surface area (TPSA) is 85.1 Å². The molecule has 0 saturated heterocycles. The number of hydrogen-bond acceptors (Lipinski definition) is 4. The molecule has 3 rings (SSSR count). The van der Waals surface area contributed by atoms with Crippen LogP contribution in [0.25, 0.3) is 10.6 Å². The van der Waals surface area contributed by atoms with Crippen LogP contribution in [0, 0.1) is 12.7 Å². The lowest BCUT2D eigenvalue weighted by Crippen LogP contribution is -2.13. The summed E-state index contributed by atoms with van der Waals surface area (Å²) in [4.78, 5) is 28.3. The van der Waals surface area contributed by atoms with Crippen LogP contribution in [0.5, 0.6) is 0 Å². The first-order valence-corrected chi connectivity index (χ1v) is 8.20. The van der Waals surface area contributed by atoms with E-state index in [1.54, 1.807) is 31.2 Å². The van der Waals surface area contributed by atoms with E-state index in [1.165, 1.54) is 35.6 Å². The van der Waals surface area contributed by atoms with E-state index < -0.39 is 5.91 Å². The van der Waals surface area contributed by atoms with E-state index in [0.717, 1.165) is 0 Å². The van der Waals surface area contributed by atoms with E-state index in [0.29, 0.717) is 32.4 Å². The Hall–Kier alpha value is -3.06. The second-order valence-electron chi connectivity index (χ2n) is 5.34. The van der Waals surface area contributed by atoms with Crippen molar-refractivity contribution >= 4 is 28.8 Å². The van der Waals surface area contributed by atoms with Gasteiger partial charge in [-0.1, -0.05) is 12.1 Å². The number of anilines is 1. The molecule has 3 aromatic rings. The molecule has 5 nitrogen and oxygen atoms in total. The smallest absolute Gasteiger partial charge is 0.267 e. The van der Waals surface area contributed by atoms with Gasteiger partial charge in [0.1, 0.15) is 15.7 Å². The number of aromatic nitrogens is 1. The van der Waals surface area contributed by atoms with Crippen molar-refractivity contribution in [1.82, 2.24) is 4.98 Å². The van der Waals surface area contributed by atoms with Crippen LogP contribution in [0.15, 0.2) is 48.5 Å². The summed E-state index contributed by atoms with van der Waals surface area (Å²) in [6, 6.07) is 12.3. The molecule has 2 aromatic carbocycles. The Morgan fingerprint density at radius 2 is 1.88 bits per heavy atom. The highest BCUT2D eigenvalue weighted by molar-refractivity contribution is 7.17. The molecule has 0 radical (unpaired) electrons. The molecule has 0 unspecified atom stereocenters. The van der Waals surface area contributed by atoms with Crippen molar-refractivity contribution in [3.05, 3.63) is 70.5 Å². The first kappa shape index (κ1) is 16.8. The molecule has 126 valence electrons. The minimum absolute atomic E-state index is 0.315. The zero-order valence-corrected chi connectivity index (χ0v) is 14.1. The van der Waals surface area contributed by atoms with Gasteiger partial charge in [0.15, 0.2) is 0 Å². The number of aryl methyl sites for hydroxylation is 1. The molecule has 0 aliphatic heterocycles. The van der Waals surface area contributed by atoms with Crippen molar-refractivity contribution < 1.29 is 14.0 Å². The van der Waals surface area contributed by atoms with Gasteiger partial charge in [0.25, 0.3) is 5.91 Å². The summed E-state index contributed by atoms with van der Waals surface area (Å²) in [5.74, 6) is -1.20. The number of nitrogens with two attached hydrogens (primary N) is 1. The monoisotopic (exact) mass is 355 g/mol. The minimum atomic E-state index is -0.532. The molecule has 2 amide bonds. The standard InChI is InChI=1S/C18H14FN3O2S/c1-10-15(25-18(21-10)12-3-2-4-13(19)9-12)17(24)22-14-7-5-11(6-8-14)16(20)23/h2-9H,1H3,(H2,20,23)(H,22,24).